The van der Waals surface area contributed by atoms with Crippen LogP contribution in [0.5, 0.6) is 0 Å². The molecule has 0 aliphatic rings. The average molecular weight is 436 g/mol. The van der Waals surface area contributed by atoms with Gasteiger partial charge in [-0.15, -0.1) is 0 Å². The summed E-state index contributed by atoms with van der Waals surface area (Å²) in [5.74, 6) is -0.955. The highest BCUT2D eigenvalue weighted by Crippen LogP contribution is 2.12. The normalized spacial score (nSPS) is 12.3. The lowest BCUT2D eigenvalue weighted by atomic mass is 10.1. The van der Waals surface area contributed by atoms with Gasteiger partial charge >= 0.3 is 0 Å². The van der Waals surface area contributed by atoms with E-state index in [0.29, 0.717) is 19.4 Å². The smallest absolute Gasteiger partial charge is 0.250 e. The van der Waals surface area contributed by atoms with E-state index in [1.807, 2.05) is 6.08 Å². The second kappa shape index (κ2) is 21.1. The molecule has 0 unspecified atom stereocenters. The number of nitrogens with two attached hydrogens (primary N) is 3. The number of nitrogens with one attached hydrogen (secondary N) is 1. The van der Waals surface area contributed by atoms with E-state index in [1.165, 1.54) is 76.7 Å². The number of rotatable bonds is 19. The van der Waals surface area contributed by atoms with Crippen LogP contribution in [0.1, 0.15) is 96.8 Å². The number of allylic oxidation sites excluding steroid dienone is 3. The fourth-order valence-electron chi connectivity index (χ4n) is 3.15. The monoisotopic (exact) mass is 435 g/mol. The molecule has 7 nitrogen and oxygen atoms in total. The molecular weight excluding hydrogens is 390 g/mol. The molecule has 0 aromatic heterocycles. The number of hydrogen-bond donors (Lipinski definition) is 4. The Morgan fingerprint density at radius 3 is 2.03 bits per heavy atom. The molecule has 0 fully saturated rings. The van der Waals surface area contributed by atoms with Crippen LogP contribution >= 0.6 is 0 Å². The van der Waals surface area contributed by atoms with Crippen molar-refractivity contribution < 1.29 is 9.59 Å². The van der Waals surface area contributed by atoms with E-state index in [4.69, 9.17) is 17.2 Å². The Bertz CT molecular complexity index is 554. The summed E-state index contributed by atoms with van der Waals surface area (Å²) in [4.78, 5) is 27.4. The minimum Gasteiger partial charge on any atom is -0.370 e. The molecule has 0 aliphatic carbocycles. The van der Waals surface area contributed by atoms with Gasteiger partial charge in [-0.1, -0.05) is 89.4 Å². The number of carbonyl (C=O) groups is 2. The molecule has 0 bridgehead atoms. The van der Waals surface area contributed by atoms with Gasteiger partial charge in [0.15, 0.2) is 5.96 Å². The highest BCUT2D eigenvalue weighted by atomic mass is 16.2. The number of amides is 2. The summed E-state index contributed by atoms with van der Waals surface area (Å²) in [7, 11) is 0. The van der Waals surface area contributed by atoms with Crippen molar-refractivity contribution in [3.8, 4) is 0 Å². The molecule has 0 saturated heterocycles. The van der Waals surface area contributed by atoms with Crippen molar-refractivity contribution in [3.63, 3.8) is 0 Å². The molecule has 0 heterocycles. The molecule has 2 amide bonds. The summed E-state index contributed by atoms with van der Waals surface area (Å²) in [6.45, 7) is 2.66. The van der Waals surface area contributed by atoms with Gasteiger partial charge < -0.3 is 17.2 Å². The predicted molar refractivity (Wildman–Crippen MR) is 130 cm³/mol. The highest BCUT2D eigenvalue weighted by Gasteiger charge is 2.14. The summed E-state index contributed by atoms with van der Waals surface area (Å²) >= 11 is 0. The first-order chi connectivity index (χ1) is 15.0. The maximum Gasteiger partial charge on any atom is 0.250 e. The number of unbranched alkanes of at least 4 members (excludes halogenated alkanes) is 11. The molecule has 0 spiro atoms. The first-order valence-corrected chi connectivity index (χ1v) is 12.0. The number of aliphatic imine (C=N–C) groups is 1. The molecule has 1 atom stereocenters. The number of hydrogen-bond acceptors (Lipinski definition) is 4. The molecule has 31 heavy (non-hydrogen) atoms. The fourth-order valence-corrected chi connectivity index (χ4v) is 3.15. The van der Waals surface area contributed by atoms with Crippen LogP contribution in [0.3, 0.4) is 0 Å². The summed E-state index contributed by atoms with van der Waals surface area (Å²) in [6, 6.07) is -0.761. The maximum atomic E-state index is 11.8. The topological polar surface area (TPSA) is 137 Å². The summed E-state index contributed by atoms with van der Waals surface area (Å²) in [5.41, 5.74) is 16.2. The van der Waals surface area contributed by atoms with Gasteiger partial charge in [-0.3, -0.25) is 19.9 Å². The Hall–Kier alpha value is -2.15. The molecule has 0 radical (unpaired) electrons. The van der Waals surface area contributed by atoms with Gasteiger partial charge in [0, 0.05) is 12.6 Å². The third-order valence-corrected chi connectivity index (χ3v) is 5.02. The van der Waals surface area contributed by atoms with Gasteiger partial charge in [0.05, 0.1) is 6.04 Å². The van der Waals surface area contributed by atoms with Crippen LogP contribution in [0.25, 0.3) is 0 Å². The van der Waals surface area contributed by atoms with Gasteiger partial charge in [-0.2, -0.15) is 0 Å². The zero-order chi connectivity index (χ0) is 23.2. The van der Waals surface area contributed by atoms with Crippen molar-refractivity contribution in [1.82, 2.24) is 5.32 Å². The summed E-state index contributed by atoms with van der Waals surface area (Å²) in [6.07, 6.45) is 23.5. The van der Waals surface area contributed by atoms with Crippen LogP contribution < -0.4 is 22.5 Å². The Labute approximate surface area is 189 Å². The van der Waals surface area contributed by atoms with Crippen molar-refractivity contribution in [2.45, 2.75) is 103 Å². The largest absolute Gasteiger partial charge is 0.370 e. The molecule has 0 saturated carbocycles. The fraction of sp³-hybridized carbons (Fsp3) is 0.708. The van der Waals surface area contributed by atoms with Crippen molar-refractivity contribution in [3.05, 3.63) is 24.3 Å². The lowest BCUT2D eigenvalue weighted by molar-refractivity contribution is -0.129. The van der Waals surface area contributed by atoms with E-state index in [0.717, 1.165) is 6.42 Å². The number of nitrogens with zero attached hydrogens (tertiary/aromatic N) is 1. The molecule has 178 valence electrons. The van der Waals surface area contributed by atoms with Crippen molar-refractivity contribution >= 4 is 17.8 Å². The van der Waals surface area contributed by atoms with Crippen LogP contribution in [0.2, 0.25) is 0 Å². The van der Waals surface area contributed by atoms with E-state index >= 15 is 0 Å². The van der Waals surface area contributed by atoms with Crippen LogP contribution in [0, 0.1) is 0 Å². The Kier molecular flexibility index (Phi) is 19.6. The van der Waals surface area contributed by atoms with Crippen LogP contribution in [-0.2, 0) is 9.59 Å². The van der Waals surface area contributed by atoms with Gasteiger partial charge in [0.25, 0.3) is 5.91 Å². The number of guanidine groups is 1. The van der Waals surface area contributed by atoms with Crippen molar-refractivity contribution in [1.29, 1.82) is 0 Å². The first kappa shape index (κ1) is 28.9. The van der Waals surface area contributed by atoms with E-state index in [2.05, 4.69) is 23.3 Å². The van der Waals surface area contributed by atoms with Crippen LogP contribution in [-0.4, -0.2) is 30.4 Å². The summed E-state index contributed by atoms with van der Waals surface area (Å²) in [5, 5.41) is 2.27. The SMILES string of the molecule is CCCCCCCCCCCCCC=CC=CC(=O)NC(=O)[C@@H](N)CCCN=C(N)N. The lowest BCUT2D eigenvalue weighted by Gasteiger charge is -2.09. The molecule has 0 rings (SSSR count). The Balaban J connectivity index is 3.66. The predicted octanol–water partition coefficient (Wildman–Crippen LogP) is 3.82. The molecule has 7 heteroatoms. The number of carbonyl (C=O) groups excluding carboxylic acids is 2. The minimum absolute atomic E-state index is 0.00916. The Morgan fingerprint density at radius 1 is 0.871 bits per heavy atom. The van der Waals surface area contributed by atoms with Gasteiger partial charge in [0.1, 0.15) is 0 Å². The quantitative estimate of drug-likeness (QED) is 0.0803. The maximum absolute atomic E-state index is 11.8. The van der Waals surface area contributed by atoms with E-state index in [-0.39, 0.29) is 5.96 Å². The molecule has 0 aromatic carbocycles. The van der Waals surface area contributed by atoms with Gasteiger partial charge in [0.2, 0.25) is 5.91 Å². The van der Waals surface area contributed by atoms with E-state index in [1.54, 1.807) is 6.08 Å². The van der Waals surface area contributed by atoms with Crippen LogP contribution in [0.4, 0.5) is 0 Å². The zero-order valence-electron chi connectivity index (χ0n) is 19.5. The minimum atomic E-state index is -0.761. The third kappa shape index (κ3) is 20.9. The molecule has 7 N–H and O–H groups in total. The van der Waals surface area contributed by atoms with E-state index < -0.39 is 17.9 Å². The molecule has 0 aliphatic heterocycles. The first-order valence-electron chi connectivity index (χ1n) is 12.0. The zero-order valence-corrected chi connectivity index (χ0v) is 19.5. The molecular formula is C24H45N5O2. The lowest BCUT2D eigenvalue weighted by Crippen LogP contribution is -2.42. The van der Waals surface area contributed by atoms with Gasteiger partial charge in [-0.05, 0) is 25.7 Å². The average Bonchev–Trinajstić information content (AvgIpc) is 2.73. The van der Waals surface area contributed by atoms with E-state index in [9.17, 15) is 9.59 Å². The third-order valence-electron chi connectivity index (χ3n) is 5.02. The van der Waals surface area contributed by atoms with Crippen LogP contribution in [0.15, 0.2) is 29.3 Å². The standard InChI is InChI=1S/C24H45N5O2/c1-2-3-4-5-6-7-8-9-10-11-12-13-14-15-16-19-22(30)29-23(31)21(25)18-17-20-28-24(26)27/h14-16,19,21H,2-13,17-18,20,25H2,1H3,(H4,26,27,28)(H,29,30,31)/t21-/m0/s1. The highest BCUT2D eigenvalue weighted by molar-refractivity contribution is 6.02. The second-order valence-electron chi connectivity index (χ2n) is 8.02. The molecule has 0 aromatic rings. The number of imide groups is 1. The summed E-state index contributed by atoms with van der Waals surface area (Å²) < 4.78 is 0. The van der Waals surface area contributed by atoms with Crippen molar-refractivity contribution in [2.75, 3.05) is 6.54 Å². The second-order valence-corrected chi connectivity index (χ2v) is 8.02. The van der Waals surface area contributed by atoms with Gasteiger partial charge in [-0.25, -0.2) is 0 Å². The van der Waals surface area contributed by atoms with Crippen molar-refractivity contribution in [2.24, 2.45) is 22.2 Å². The Morgan fingerprint density at radius 2 is 1.45 bits per heavy atom.